The molecular formula is C29H37N5O5S. The van der Waals surface area contributed by atoms with Crippen LogP contribution in [0.2, 0.25) is 0 Å². The van der Waals surface area contributed by atoms with Gasteiger partial charge in [-0.3, -0.25) is 4.84 Å². The summed E-state index contributed by atoms with van der Waals surface area (Å²) in [5, 5.41) is 6.54. The normalized spacial score (nSPS) is 14.8. The van der Waals surface area contributed by atoms with Crippen molar-refractivity contribution in [3.05, 3.63) is 77.1 Å². The number of aromatic nitrogens is 2. The van der Waals surface area contributed by atoms with Gasteiger partial charge in [0.25, 0.3) is 0 Å². The zero-order valence-corrected chi connectivity index (χ0v) is 24.0. The Kier molecular flexibility index (Phi) is 10.5. The van der Waals surface area contributed by atoms with Gasteiger partial charge in [0.15, 0.2) is 6.23 Å². The third-order valence-electron chi connectivity index (χ3n) is 6.37. The van der Waals surface area contributed by atoms with Gasteiger partial charge in [-0.1, -0.05) is 30.3 Å². The van der Waals surface area contributed by atoms with Crippen molar-refractivity contribution in [3.63, 3.8) is 0 Å². The van der Waals surface area contributed by atoms with Crippen molar-refractivity contribution in [1.82, 2.24) is 19.9 Å². The molecule has 0 saturated heterocycles. The molecule has 0 bridgehead atoms. The molecular weight excluding hydrogens is 530 g/mol. The Morgan fingerprint density at radius 1 is 1.02 bits per heavy atom. The second-order valence-electron chi connectivity index (χ2n) is 9.68. The van der Waals surface area contributed by atoms with E-state index in [0.717, 1.165) is 47.0 Å². The molecule has 1 N–H and O–H groups in total. The molecule has 4 rings (SSSR count). The molecule has 10 nitrogen and oxygen atoms in total. The Morgan fingerprint density at radius 3 is 2.52 bits per heavy atom. The number of sulfone groups is 1. The summed E-state index contributed by atoms with van der Waals surface area (Å²) in [7, 11) is 0.563. The van der Waals surface area contributed by atoms with Crippen LogP contribution in [0.3, 0.4) is 0 Å². The number of ether oxygens (including phenoxy) is 2. The predicted molar refractivity (Wildman–Crippen MR) is 156 cm³/mol. The summed E-state index contributed by atoms with van der Waals surface area (Å²) < 4.78 is 34.7. The minimum Gasteiger partial charge on any atom is -0.489 e. The van der Waals surface area contributed by atoms with E-state index >= 15 is 0 Å². The van der Waals surface area contributed by atoms with Gasteiger partial charge in [-0.15, -0.1) is 0 Å². The van der Waals surface area contributed by atoms with E-state index in [-0.39, 0.29) is 5.75 Å². The van der Waals surface area contributed by atoms with E-state index in [1.54, 1.807) is 18.4 Å². The number of unbranched alkanes of at least 4 members (excludes halogenated alkanes) is 1. The lowest BCUT2D eigenvalue weighted by Crippen LogP contribution is -2.44. The number of hydroxylamine groups is 2. The van der Waals surface area contributed by atoms with Gasteiger partial charge in [0.2, 0.25) is 0 Å². The number of nitrogens with zero attached hydrogens (tertiary/aromatic N) is 4. The van der Waals surface area contributed by atoms with Crippen LogP contribution in [0.25, 0.3) is 12.3 Å². The van der Waals surface area contributed by atoms with Gasteiger partial charge < -0.3 is 19.7 Å². The predicted octanol–water partition coefficient (Wildman–Crippen LogP) is 2.29. The van der Waals surface area contributed by atoms with E-state index in [1.807, 2.05) is 72.6 Å². The van der Waals surface area contributed by atoms with E-state index in [2.05, 4.69) is 15.3 Å². The number of rotatable bonds is 15. The largest absolute Gasteiger partial charge is 0.489 e. The van der Waals surface area contributed by atoms with Crippen LogP contribution in [0.5, 0.6) is 5.75 Å². The fourth-order valence-corrected chi connectivity index (χ4v) is 4.74. The summed E-state index contributed by atoms with van der Waals surface area (Å²) >= 11 is 0. The van der Waals surface area contributed by atoms with Gasteiger partial charge >= 0.3 is 0 Å². The molecule has 40 heavy (non-hydrogen) atoms. The van der Waals surface area contributed by atoms with Crippen LogP contribution in [-0.4, -0.2) is 80.4 Å². The minimum atomic E-state index is -2.95. The molecule has 1 aliphatic heterocycles. The van der Waals surface area contributed by atoms with Crippen LogP contribution < -0.4 is 20.6 Å². The maximum Gasteiger partial charge on any atom is 0.173 e. The smallest absolute Gasteiger partial charge is 0.173 e. The van der Waals surface area contributed by atoms with E-state index in [4.69, 9.17) is 14.3 Å². The summed E-state index contributed by atoms with van der Waals surface area (Å²) in [6, 6.07) is 17.8. The van der Waals surface area contributed by atoms with Gasteiger partial charge in [-0.25, -0.2) is 23.4 Å². The molecule has 1 unspecified atom stereocenters. The van der Waals surface area contributed by atoms with Gasteiger partial charge in [-0.2, -0.15) is 0 Å². The Bertz CT molecular complexity index is 1450. The Labute approximate surface area is 235 Å². The molecule has 2 heterocycles. The number of fused-ring (bicyclic) bond motifs is 1. The third-order valence-corrected chi connectivity index (χ3v) is 7.29. The highest BCUT2D eigenvalue weighted by atomic mass is 32.2. The maximum atomic E-state index is 11.4. The molecule has 0 fully saturated rings. The summed E-state index contributed by atoms with van der Waals surface area (Å²) in [5.41, 5.74) is 1.98. The van der Waals surface area contributed by atoms with Crippen LogP contribution in [0.15, 0.2) is 60.9 Å². The number of hydrogen-bond acceptors (Lipinski definition) is 10. The molecule has 0 spiro atoms. The number of anilines is 2. The molecule has 0 radical (unpaired) electrons. The zero-order valence-electron chi connectivity index (χ0n) is 23.2. The average Bonchev–Trinajstić information content (AvgIpc) is 2.95. The molecule has 2 aromatic carbocycles. The highest BCUT2D eigenvalue weighted by Gasteiger charge is 2.19. The number of benzene rings is 2. The van der Waals surface area contributed by atoms with Crippen molar-refractivity contribution in [2.75, 3.05) is 51.2 Å². The van der Waals surface area contributed by atoms with E-state index in [1.165, 1.54) is 12.6 Å². The van der Waals surface area contributed by atoms with Crippen molar-refractivity contribution in [3.8, 4) is 5.75 Å². The van der Waals surface area contributed by atoms with Crippen molar-refractivity contribution >= 4 is 33.6 Å². The zero-order chi connectivity index (χ0) is 28.4. The number of nitrogens with one attached hydrogen (secondary N) is 1. The molecule has 0 aliphatic carbocycles. The molecule has 11 heteroatoms. The van der Waals surface area contributed by atoms with Crippen LogP contribution in [0, 0.1) is 0 Å². The van der Waals surface area contributed by atoms with Crippen LogP contribution >= 0.6 is 0 Å². The summed E-state index contributed by atoms with van der Waals surface area (Å²) in [5.74, 6) is 1.61. The van der Waals surface area contributed by atoms with Crippen LogP contribution in [0.1, 0.15) is 18.4 Å². The van der Waals surface area contributed by atoms with Crippen molar-refractivity contribution in [2.24, 2.45) is 0 Å². The average molecular weight is 568 g/mol. The summed E-state index contributed by atoms with van der Waals surface area (Å²) in [6.45, 7) is 2.35. The van der Waals surface area contributed by atoms with E-state index in [9.17, 15) is 8.42 Å². The molecule has 0 amide bonds. The monoisotopic (exact) mass is 567 g/mol. The minimum absolute atomic E-state index is 0.166. The molecule has 1 atom stereocenters. The van der Waals surface area contributed by atoms with Crippen LogP contribution in [0.4, 0.5) is 11.5 Å². The van der Waals surface area contributed by atoms with Crippen molar-refractivity contribution < 1.29 is 22.7 Å². The molecule has 214 valence electrons. The highest BCUT2D eigenvalue weighted by Crippen LogP contribution is 2.19. The van der Waals surface area contributed by atoms with Gasteiger partial charge in [0, 0.05) is 30.3 Å². The molecule has 3 aromatic rings. The Morgan fingerprint density at radius 2 is 1.80 bits per heavy atom. The van der Waals surface area contributed by atoms with Crippen molar-refractivity contribution in [2.45, 2.75) is 25.7 Å². The fraction of sp³-hybridized carbons (Fsp3) is 0.379. The maximum absolute atomic E-state index is 11.4. The second-order valence-corrected chi connectivity index (χ2v) is 11.9. The van der Waals surface area contributed by atoms with Crippen LogP contribution in [-0.2, 0) is 26.0 Å². The first-order valence-corrected chi connectivity index (χ1v) is 15.3. The SMILES string of the molecule is CON1C=c2ncnc(Nc3ccc(OCc4ccccc4)cc3)c2=CC1OCCCCN(C)CCS(C)(=O)=O. The third kappa shape index (κ3) is 9.02. The lowest BCUT2D eigenvalue weighted by molar-refractivity contribution is -0.167. The molecule has 1 aromatic heterocycles. The highest BCUT2D eigenvalue weighted by molar-refractivity contribution is 7.90. The standard InChI is InChI=1S/C29H37N5O5S/c1-33(16-18-40(3,35)36)15-7-8-17-38-28-19-26-27(20-34(28)37-2)30-22-31-29(26)32-24-11-13-25(14-12-24)39-21-23-9-5-4-6-10-23/h4-6,9-14,19-20,22,28H,7-8,15-18,21H2,1-3H3,(H,30,31,32). The van der Waals surface area contributed by atoms with Gasteiger partial charge in [0.1, 0.15) is 34.3 Å². The quantitative estimate of drug-likeness (QED) is 0.275. The van der Waals surface area contributed by atoms with Gasteiger partial charge in [0.05, 0.1) is 24.4 Å². The molecule has 1 aliphatic rings. The van der Waals surface area contributed by atoms with Crippen molar-refractivity contribution in [1.29, 1.82) is 0 Å². The van der Waals surface area contributed by atoms with Gasteiger partial charge in [-0.05, 0) is 62.3 Å². The lowest BCUT2D eigenvalue weighted by atomic mass is 10.2. The first-order valence-electron chi connectivity index (χ1n) is 13.2. The summed E-state index contributed by atoms with van der Waals surface area (Å²) in [6.07, 6.45) is 7.78. The Balaban J connectivity index is 1.34. The number of hydrogen-bond donors (Lipinski definition) is 1. The second kappa shape index (κ2) is 14.2. The van der Waals surface area contributed by atoms with E-state index < -0.39 is 16.1 Å². The fourth-order valence-electron chi connectivity index (χ4n) is 4.10. The lowest BCUT2D eigenvalue weighted by Gasteiger charge is -2.28. The topological polar surface area (TPSA) is 106 Å². The first kappa shape index (κ1) is 29.5. The molecule has 0 saturated carbocycles. The van der Waals surface area contributed by atoms with E-state index in [0.29, 0.717) is 25.6 Å². The first-order chi connectivity index (χ1) is 19.3. The summed E-state index contributed by atoms with van der Waals surface area (Å²) in [4.78, 5) is 16.4. The Hall–Kier alpha value is -3.51.